The Balaban J connectivity index is 1.76. The van der Waals surface area contributed by atoms with Crippen molar-refractivity contribution in [3.63, 3.8) is 0 Å². The highest BCUT2D eigenvalue weighted by atomic mass is 16.2. The fourth-order valence-corrected chi connectivity index (χ4v) is 5.54. The number of aryl methyl sites for hydroxylation is 1. The number of nitrogens with zero attached hydrogens (tertiary/aromatic N) is 4. The van der Waals surface area contributed by atoms with Gasteiger partial charge in [-0.2, -0.15) is 5.10 Å². The molecule has 130 valence electrons. The van der Waals surface area contributed by atoms with E-state index in [1.54, 1.807) is 23.9 Å². The van der Waals surface area contributed by atoms with Gasteiger partial charge in [-0.15, -0.1) is 0 Å². The Morgan fingerprint density at radius 2 is 1.96 bits per heavy atom. The van der Waals surface area contributed by atoms with E-state index in [1.807, 2.05) is 11.9 Å². The summed E-state index contributed by atoms with van der Waals surface area (Å²) in [6.07, 6.45) is 7.06. The van der Waals surface area contributed by atoms with Crippen LogP contribution in [0.25, 0.3) is 0 Å². The molecule has 24 heavy (non-hydrogen) atoms. The van der Waals surface area contributed by atoms with Crippen LogP contribution in [0.3, 0.4) is 0 Å². The summed E-state index contributed by atoms with van der Waals surface area (Å²) in [5.41, 5.74) is 0.653. The second-order valence-corrected chi connectivity index (χ2v) is 7.90. The van der Waals surface area contributed by atoms with Gasteiger partial charge in [-0.3, -0.25) is 14.3 Å². The van der Waals surface area contributed by atoms with Crippen molar-refractivity contribution in [1.82, 2.24) is 19.6 Å². The first-order valence-corrected chi connectivity index (χ1v) is 9.01. The highest BCUT2D eigenvalue weighted by molar-refractivity contribution is 5.93. The molecule has 2 aliphatic heterocycles. The van der Waals surface area contributed by atoms with Crippen molar-refractivity contribution in [3.05, 3.63) is 18.0 Å². The summed E-state index contributed by atoms with van der Waals surface area (Å²) in [7, 11) is 1.81. The van der Waals surface area contributed by atoms with Gasteiger partial charge in [0.1, 0.15) is 5.69 Å². The molecule has 6 nitrogen and oxygen atoms in total. The summed E-state index contributed by atoms with van der Waals surface area (Å²) in [6, 6.07) is 2.41. The Kier molecular flexibility index (Phi) is 3.48. The van der Waals surface area contributed by atoms with Crippen LogP contribution in [0.1, 0.15) is 56.4 Å². The number of hydrogen-bond donors (Lipinski definition) is 0. The lowest BCUT2D eigenvalue weighted by Crippen LogP contribution is -2.55. The van der Waals surface area contributed by atoms with Gasteiger partial charge in [0.25, 0.3) is 5.91 Å². The van der Waals surface area contributed by atoms with Crippen LogP contribution in [0.5, 0.6) is 0 Å². The summed E-state index contributed by atoms with van der Waals surface area (Å²) in [5, 5.41) is 4.16. The molecule has 4 rings (SSSR count). The Morgan fingerprint density at radius 3 is 2.58 bits per heavy atom. The number of carbonyl (C=O) groups is 2. The van der Waals surface area contributed by atoms with E-state index in [-0.39, 0.29) is 35.4 Å². The van der Waals surface area contributed by atoms with Gasteiger partial charge in [-0.1, -0.05) is 19.8 Å². The number of carbonyl (C=O) groups excluding carboxylic acids is 2. The summed E-state index contributed by atoms with van der Waals surface area (Å²) >= 11 is 0. The van der Waals surface area contributed by atoms with Crippen molar-refractivity contribution in [2.24, 2.45) is 12.5 Å². The molecule has 2 bridgehead atoms. The summed E-state index contributed by atoms with van der Waals surface area (Å²) in [6.45, 7) is 4.64. The van der Waals surface area contributed by atoms with Crippen LogP contribution in [0.15, 0.2) is 12.3 Å². The first-order valence-electron chi connectivity index (χ1n) is 9.01. The molecule has 3 heterocycles. The van der Waals surface area contributed by atoms with E-state index >= 15 is 0 Å². The van der Waals surface area contributed by atoms with Crippen LogP contribution in [-0.4, -0.2) is 56.1 Å². The second-order valence-electron chi connectivity index (χ2n) is 7.90. The normalized spacial score (nSPS) is 35.0. The predicted octanol–water partition coefficient (Wildman–Crippen LogP) is 1.81. The molecule has 1 aliphatic carbocycles. The molecule has 3 aliphatic rings. The van der Waals surface area contributed by atoms with E-state index in [0.29, 0.717) is 12.2 Å². The van der Waals surface area contributed by atoms with Crippen molar-refractivity contribution in [1.29, 1.82) is 0 Å². The van der Waals surface area contributed by atoms with Crippen molar-refractivity contribution in [2.75, 3.05) is 6.54 Å². The average Bonchev–Trinajstić information content (AvgIpc) is 3.00. The summed E-state index contributed by atoms with van der Waals surface area (Å²) in [5.74, 6) is 0.214. The van der Waals surface area contributed by atoms with E-state index in [2.05, 4.69) is 16.9 Å². The molecule has 1 aromatic rings. The van der Waals surface area contributed by atoms with E-state index in [0.717, 1.165) is 32.1 Å². The largest absolute Gasteiger partial charge is 0.337 e. The van der Waals surface area contributed by atoms with Gasteiger partial charge >= 0.3 is 0 Å². The van der Waals surface area contributed by atoms with E-state index in [4.69, 9.17) is 0 Å². The second kappa shape index (κ2) is 5.33. The third-order valence-corrected chi connectivity index (χ3v) is 6.59. The standard InChI is InChI=1S/C18H26N4O2/c1-12(23)21-11-13-10-18(2)15(21)6-4-5-7-16(18)22(13)17(24)14-8-9-19-20(14)3/h8-9,13,15-16H,4-7,10-11H2,1-3H3/t13-,15+,16-,18+/m0/s1. The minimum Gasteiger partial charge on any atom is -0.337 e. The number of likely N-dealkylation sites (tertiary alicyclic amines) is 2. The fourth-order valence-electron chi connectivity index (χ4n) is 5.54. The molecule has 0 spiro atoms. The quantitative estimate of drug-likeness (QED) is 0.789. The van der Waals surface area contributed by atoms with E-state index in [9.17, 15) is 9.59 Å². The van der Waals surface area contributed by atoms with Gasteiger partial charge in [0.05, 0.1) is 6.04 Å². The highest BCUT2D eigenvalue weighted by Gasteiger charge is 2.60. The number of fused-ring (bicyclic) bond motifs is 1. The minimum absolute atomic E-state index is 0.0132. The van der Waals surface area contributed by atoms with Crippen molar-refractivity contribution in [2.45, 2.75) is 64.1 Å². The molecule has 6 heteroatoms. The summed E-state index contributed by atoms with van der Waals surface area (Å²) in [4.78, 5) is 29.6. The topological polar surface area (TPSA) is 58.4 Å². The maximum Gasteiger partial charge on any atom is 0.272 e. The highest BCUT2D eigenvalue weighted by Crippen LogP contribution is 2.53. The maximum absolute atomic E-state index is 13.3. The van der Waals surface area contributed by atoms with Crippen LogP contribution >= 0.6 is 0 Å². The molecule has 2 amide bonds. The van der Waals surface area contributed by atoms with Gasteiger partial charge in [0.15, 0.2) is 0 Å². The molecule has 2 saturated heterocycles. The molecule has 0 N–H and O–H groups in total. The first kappa shape index (κ1) is 15.7. The smallest absolute Gasteiger partial charge is 0.272 e. The van der Waals surface area contributed by atoms with E-state index < -0.39 is 0 Å². The molecule has 0 aromatic carbocycles. The zero-order valence-corrected chi connectivity index (χ0v) is 14.7. The molecular formula is C18H26N4O2. The van der Waals surface area contributed by atoms with Crippen LogP contribution in [0, 0.1) is 5.41 Å². The SMILES string of the molecule is CC(=O)N1C[C@@H]2C[C@@]3(C)[C@H](CCCC[C@@H]13)N2C(=O)c1ccnn1C. The van der Waals surface area contributed by atoms with Gasteiger partial charge < -0.3 is 9.80 Å². The zero-order chi connectivity index (χ0) is 17.1. The Bertz CT molecular complexity index is 684. The fraction of sp³-hybridized carbons (Fsp3) is 0.722. The zero-order valence-electron chi connectivity index (χ0n) is 14.7. The third-order valence-electron chi connectivity index (χ3n) is 6.59. The van der Waals surface area contributed by atoms with Crippen LogP contribution in [0.2, 0.25) is 0 Å². The Labute approximate surface area is 142 Å². The Hall–Kier alpha value is -1.85. The van der Waals surface area contributed by atoms with Crippen molar-refractivity contribution in [3.8, 4) is 0 Å². The number of amides is 2. The number of rotatable bonds is 1. The lowest BCUT2D eigenvalue weighted by molar-refractivity contribution is -0.136. The molecule has 4 atom stereocenters. The number of hydrogen-bond acceptors (Lipinski definition) is 3. The molecule has 1 aromatic heterocycles. The minimum atomic E-state index is 0.0132. The van der Waals surface area contributed by atoms with Crippen molar-refractivity contribution < 1.29 is 9.59 Å². The number of aromatic nitrogens is 2. The third kappa shape index (κ3) is 2.04. The molecule has 3 fully saturated rings. The Morgan fingerprint density at radius 1 is 1.25 bits per heavy atom. The van der Waals surface area contributed by atoms with Gasteiger partial charge in [0, 0.05) is 44.2 Å². The van der Waals surface area contributed by atoms with Crippen LogP contribution in [-0.2, 0) is 11.8 Å². The predicted molar refractivity (Wildman–Crippen MR) is 89.3 cm³/mol. The van der Waals surface area contributed by atoms with Gasteiger partial charge in [0.2, 0.25) is 5.91 Å². The summed E-state index contributed by atoms with van der Waals surface area (Å²) < 4.78 is 1.66. The number of piperidine rings is 1. The monoisotopic (exact) mass is 330 g/mol. The average molecular weight is 330 g/mol. The maximum atomic E-state index is 13.3. The molecule has 0 radical (unpaired) electrons. The lowest BCUT2D eigenvalue weighted by atomic mass is 9.71. The lowest BCUT2D eigenvalue weighted by Gasteiger charge is -2.46. The molecular weight excluding hydrogens is 304 g/mol. The van der Waals surface area contributed by atoms with Crippen LogP contribution < -0.4 is 0 Å². The van der Waals surface area contributed by atoms with Crippen molar-refractivity contribution >= 4 is 11.8 Å². The van der Waals surface area contributed by atoms with Gasteiger partial charge in [-0.25, -0.2) is 0 Å². The molecule has 0 unspecified atom stereocenters. The van der Waals surface area contributed by atoms with Crippen LogP contribution in [0.4, 0.5) is 0 Å². The van der Waals surface area contributed by atoms with Gasteiger partial charge in [-0.05, 0) is 25.3 Å². The van der Waals surface area contributed by atoms with E-state index in [1.165, 1.54) is 0 Å². The first-order chi connectivity index (χ1) is 11.4. The molecule has 1 saturated carbocycles.